The minimum Gasteiger partial charge on any atom is -0.379 e. The lowest BCUT2D eigenvalue weighted by molar-refractivity contribution is -0.180. The van der Waals surface area contributed by atoms with Crippen molar-refractivity contribution in [3.63, 3.8) is 0 Å². The molecule has 1 aliphatic carbocycles. The highest BCUT2D eigenvalue weighted by atomic mass is 16.5. The molecule has 1 saturated carbocycles. The zero-order chi connectivity index (χ0) is 17.9. The molecule has 1 heterocycles. The first-order valence-electron chi connectivity index (χ1n) is 9.44. The molecule has 3 atom stereocenters. The molecule has 0 bridgehead atoms. The van der Waals surface area contributed by atoms with Crippen molar-refractivity contribution in [2.24, 2.45) is 11.8 Å². The topological polar surface area (TPSA) is 63.6 Å². The van der Waals surface area contributed by atoms with Crippen LogP contribution in [0.15, 0.2) is 30.3 Å². The van der Waals surface area contributed by atoms with Gasteiger partial charge in [-0.2, -0.15) is 0 Å². The first kappa shape index (κ1) is 18.3. The van der Waals surface area contributed by atoms with Crippen molar-refractivity contribution >= 4 is 11.6 Å². The molecule has 1 aliphatic heterocycles. The van der Waals surface area contributed by atoms with E-state index in [9.17, 15) is 14.7 Å². The lowest BCUT2D eigenvalue weighted by Gasteiger charge is -2.44. The molecule has 3 rings (SSSR count). The zero-order valence-corrected chi connectivity index (χ0v) is 14.9. The van der Waals surface area contributed by atoms with Gasteiger partial charge < -0.3 is 9.84 Å². The first-order chi connectivity index (χ1) is 12.0. The zero-order valence-electron chi connectivity index (χ0n) is 14.9. The van der Waals surface area contributed by atoms with Crippen LogP contribution in [0.2, 0.25) is 0 Å². The van der Waals surface area contributed by atoms with Gasteiger partial charge in [-0.15, -0.1) is 0 Å². The van der Waals surface area contributed by atoms with E-state index in [2.05, 4.69) is 0 Å². The first-order valence-corrected chi connectivity index (χ1v) is 9.44. The van der Waals surface area contributed by atoms with E-state index in [1.807, 2.05) is 18.2 Å². The molecule has 2 aliphatic rings. The fraction of sp³-hybridized carbons (Fsp3) is 0.619. The monoisotopic (exact) mass is 344 g/mol. The Morgan fingerprint density at radius 3 is 2.48 bits per heavy atom. The Labute approximate surface area is 149 Å². The summed E-state index contributed by atoms with van der Waals surface area (Å²) < 4.78 is 5.93. The second-order valence-electron chi connectivity index (χ2n) is 7.65. The van der Waals surface area contributed by atoms with Gasteiger partial charge in [0.2, 0.25) is 0 Å². The lowest BCUT2D eigenvalue weighted by atomic mass is 9.72. The molecule has 0 radical (unpaired) electrons. The molecule has 136 valence electrons. The van der Waals surface area contributed by atoms with Crippen molar-refractivity contribution in [3.8, 4) is 0 Å². The number of ether oxygens (including phenoxy) is 1. The molecular weight excluding hydrogens is 316 g/mol. The maximum absolute atomic E-state index is 12.6. The largest absolute Gasteiger partial charge is 0.379 e. The van der Waals surface area contributed by atoms with Crippen LogP contribution in [0.25, 0.3) is 0 Å². The summed E-state index contributed by atoms with van der Waals surface area (Å²) in [7, 11) is 0. The van der Waals surface area contributed by atoms with E-state index < -0.39 is 5.60 Å². The fourth-order valence-electron chi connectivity index (χ4n) is 4.34. The summed E-state index contributed by atoms with van der Waals surface area (Å²) in [5.74, 6) is -0.215. The Bertz CT molecular complexity index is 606. The predicted molar refractivity (Wildman–Crippen MR) is 95.4 cm³/mol. The summed E-state index contributed by atoms with van der Waals surface area (Å²) in [5, 5.41) is 10.9. The van der Waals surface area contributed by atoms with Crippen LogP contribution in [0.4, 0.5) is 0 Å². The molecule has 25 heavy (non-hydrogen) atoms. The van der Waals surface area contributed by atoms with E-state index >= 15 is 0 Å². The van der Waals surface area contributed by atoms with Crippen molar-refractivity contribution in [1.82, 2.24) is 0 Å². The summed E-state index contributed by atoms with van der Waals surface area (Å²) in [4.78, 5) is 24.7. The van der Waals surface area contributed by atoms with Crippen molar-refractivity contribution in [1.29, 1.82) is 0 Å². The predicted octanol–water partition coefficient (Wildman–Crippen LogP) is 3.56. The highest BCUT2D eigenvalue weighted by molar-refractivity contribution is 5.97. The SMILES string of the molecule is CC(=O)[C@]1(O)CO[C@@H](C2CCCCC2)C[C@H]1CC(=O)c1ccccc1. The molecule has 0 aromatic heterocycles. The average Bonchev–Trinajstić information content (AvgIpc) is 2.65. The third-order valence-corrected chi connectivity index (χ3v) is 6.02. The second kappa shape index (κ2) is 7.79. The number of hydrogen-bond acceptors (Lipinski definition) is 4. The fourth-order valence-corrected chi connectivity index (χ4v) is 4.34. The van der Waals surface area contributed by atoms with Gasteiger partial charge >= 0.3 is 0 Å². The molecule has 0 spiro atoms. The van der Waals surface area contributed by atoms with Crippen LogP contribution in [0.1, 0.15) is 62.2 Å². The number of Topliss-reactive ketones (excluding diaryl/α,β-unsaturated/α-hetero) is 2. The van der Waals surface area contributed by atoms with Crippen molar-refractivity contribution in [3.05, 3.63) is 35.9 Å². The minimum absolute atomic E-state index is 0.0102. The van der Waals surface area contributed by atoms with Gasteiger partial charge in [0.1, 0.15) is 5.60 Å². The molecule has 0 unspecified atom stereocenters. The Morgan fingerprint density at radius 2 is 1.84 bits per heavy atom. The molecule has 0 amide bonds. The summed E-state index contributed by atoms with van der Waals surface area (Å²) in [5.41, 5.74) is -0.913. The van der Waals surface area contributed by atoms with E-state index in [-0.39, 0.29) is 36.6 Å². The van der Waals surface area contributed by atoms with Crippen LogP contribution in [-0.2, 0) is 9.53 Å². The van der Waals surface area contributed by atoms with Crippen LogP contribution in [0.5, 0.6) is 0 Å². The third kappa shape index (κ3) is 4.01. The van der Waals surface area contributed by atoms with Crippen LogP contribution in [-0.4, -0.2) is 35.0 Å². The Hall–Kier alpha value is -1.52. The van der Waals surface area contributed by atoms with Crippen molar-refractivity contribution in [2.45, 2.75) is 63.6 Å². The van der Waals surface area contributed by atoms with Gasteiger partial charge in [-0.3, -0.25) is 9.59 Å². The van der Waals surface area contributed by atoms with Gasteiger partial charge in [-0.1, -0.05) is 49.6 Å². The maximum atomic E-state index is 12.6. The van der Waals surface area contributed by atoms with Gasteiger partial charge in [0.05, 0.1) is 12.7 Å². The molecule has 1 aromatic carbocycles. The van der Waals surface area contributed by atoms with Crippen molar-refractivity contribution in [2.75, 3.05) is 6.61 Å². The number of rotatable bonds is 5. The van der Waals surface area contributed by atoms with E-state index in [1.54, 1.807) is 12.1 Å². The molecule has 1 N–H and O–H groups in total. The summed E-state index contributed by atoms with van der Waals surface area (Å²) in [6.45, 7) is 1.40. The van der Waals surface area contributed by atoms with E-state index in [4.69, 9.17) is 4.74 Å². The molecule has 1 aromatic rings. The highest BCUT2D eigenvalue weighted by Gasteiger charge is 2.48. The van der Waals surface area contributed by atoms with Gasteiger partial charge in [-0.05, 0) is 32.1 Å². The van der Waals surface area contributed by atoms with Crippen molar-refractivity contribution < 1.29 is 19.4 Å². The summed E-state index contributed by atoms with van der Waals surface area (Å²) in [6, 6.07) is 9.11. The molecule has 4 heteroatoms. The van der Waals surface area contributed by atoms with E-state index in [0.29, 0.717) is 17.9 Å². The van der Waals surface area contributed by atoms with E-state index in [1.165, 1.54) is 26.2 Å². The molecular formula is C21H28O4. The minimum atomic E-state index is -1.55. The van der Waals surface area contributed by atoms with Crippen LogP contribution < -0.4 is 0 Å². The Balaban J connectivity index is 1.75. The van der Waals surface area contributed by atoms with Crippen LogP contribution >= 0.6 is 0 Å². The Morgan fingerprint density at radius 1 is 1.16 bits per heavy atom. The summed E-state index contributed by atoms with van der Waals surface area (Å²) >= 11 is 0. The quantitative estimate of drug-likeness (QED) is 0.830. The van der Waals surface area contributed by atoms with Gasteiger partial charge in [0.25, 0.3) is 0 Å². The normalized spacial score (nSPS) is 30.8. The number of benzene rings is 1. The number of carbonyl (C=O) groups is 2. The third-order valence-electron chi connectivity index (χ3n) is 6.02. The number of ketones is 2. The number of hydrogen-bond donors (Lipinski definition) is 1. The average molecular weight is 344 g/mol. The van der Waals surface area contributed by atoms with Crippen LogP contribution in [0.3, 0.4) is 0 Å². The number of aliphatic hydroxyl groups is 1. The van der Waals surface area contributed by atoms with Gasteiger partial charge in [0, 0.05) is 17.9 Å². The smallest absolute Gasteiger partial charge is 0.163 e. The standard InChI is InChI=1S/C21H28O4/c1-15(22)21(24)14-25-20(17-10-6-3-7-11-17)13-18(21)12-19(23)16-8-4-2-5-9-16/h2,4-5,8-9,17-18,20,24H,3,6-7,10-14H2,1H3/t18-,20-,21-/m1/s1. The van der Waals surface area contributed by atoms with Gasteiger partial charge in [-0.25, -0.2) is 0 Å². The lowest BCUT2D eigenvalue weighted by Crippen LogP contribution is -2.55. The highest BCUT2D eigenvalue weighted by Crippen LogP contribution is 2.39. The van der Waals surface area contributed by atoms with E-state index in [0.717, 1.165) is 12.8 Å². The molecule has 1 saturated heterocycles. The molecule has 2 fully saturated rings. The second-order valence-corrected chi connectivity index (χ2v) is 7.65. The summed E-state index contributed by atoms with van der Waals surface area (Å²) in [6.07, 6.45) is 6.81. The number of carbonyl (C=O) groups excluding carboxylic acids is 2. The van der Waals surface area contributed by atoms with Gasteiger partial charge in [0.15, 0.2) is 11.6 Å². The molecule has 4 nitrogen and oxygen atoms in total. The maximum Gasteiger partial charge on any atom is 0.163 e. The van der Waals surface area contributed by atoms with Crippen LogP contribution in [0, 0.1) is 11.8 Å². The Kier molecular flexibility index (Phi) is 5.70.